The summed E-state index contributed by atoms with van der Waals surface area (Å²) in [6, 6.07) is 24.0. The van der Waals surface area contributed by atoms with Gasteiger partial charge in [0.25, 0.3) is 0 Å². The number of rotatable bonds is 3. The van der Waals surface area contributed by atoms with Crippen LogP contribution in [-0.4, -0.2) is 12.1 Å². The fourth-order valence-corrected chi connectivity index (χ4v) is 4.58. The highest BCUT2D eigenvalue weighted by molar-refractivity contribution is 7.19. The number of ether oxygens (including phenoxy) is 2. The van der Waals surface area contributed by atoms with E-state index in [1.165, 1.54) is 11.3 Å². The molecule has 0 aliphatic carbocycles. The van der Waals surface area contributed by atoms with E-state index in [0.717, 1.165) is 44.0 Å². The highest BCUT2D eigenvalue weighted by Crippen LogP contribution is 2.42. The molecule has 0 saturated carbocycles. The van der Waals surface area contributed by atoms with Crippen molar-refractivity contribution in [1.29, 1.82) is 5.26 Å². The van der Waals surface area contributed by atoms with Crippen LogP contribution in [0.4, 0.5) is 0 Å². The Balaban J connectivity index is 1.73. The lowest BCUT2D eigenvalue weighted by atomic mass is 9.94. The Bertz CT molecular complexity index is 1370. The third-order valence-corrected chi connectivity index (χ3v) is 6.24. The number of allylic oxidation sites excluding steroid dienone is 3. The molecule has 1 aliphatic heterocycles. The van der Waals surface area contributed by atoms with Gasteiger partial charge >= 0.3 is 0 Å². The topological polar surface area (TPSA) is 55.1 Å². The molecule has 0 bridgehead atoms. The average molecular weight is 423 g/mol. The number of aromatic nitrogens is 1. The Morgan fingerprint density at radius 1 is 1.06 bits per heavy atom. The van der Waals surface area contributed by atoms with Gasteiger partial charge in [0.05, 0.1) is 22.9 Å². The summed E-state index contributed by atoms with van der Waals surface area (Å²) in [7, 11) is 1.64. The first-order valence-corrected chi connectivity index (χ1v) is 10.6. The first kappa shape index (κ1) is 19.1. The van der Waals surface area contributed by atoms with Crippen molar-refractivity contribution in [2.75, 3.05) is 7.11 Å². The summed E-state index contributed by atoms with van der Waals surface area (Å²) in [5, 5.41) is 10.9. The fraction of sp³-hybridized carbons (Fsp3) is 0.0769. The fourth-order valence-electron chi connectivity index (χ4n) is 3.61. The zero-order valence-electron chi connectivity index (χ0n) is 17.0. The van der Waals surface area contributed by atoms with E-state index in [1.807, 2.05) is 73.7 Å². The second-order valence-corrected chi connectivity index (χ2v) is 8.26. The molecule has 4 aromatic rings. The van der Waals surface area contributed by atoms with Crippen molar-refractivity contribution in [2.24, 2.45) is 0 Å². The number of nitrogens with zero attached hydrogens (tertiary/aromatic N) is 2. The summed E-state index contributed by atoms with van der Waals surface area (Å²) >= 11 is 1.53. The highest BCUT2D eigenvalue weighted by atomic mass is 32.1. The van der Waals surface area contributed by atoms with Crippen LogP contribution in [0.5, 0.6) is 11.5 Å². The van der Waals surface area contributed by atoms with Gasteiger partial charge in [0.1, 0.15) is 28.3 Å². The number of methoxy groups -OCH3 is 1. The summed E-state index contributed by atoms with van der Waals surface area (Å²) in [4.78, 5) is 4.73. The van der Waals surface area contributed by atoms with Gasteiger partial charge in [-0.3, -0.25) is 0 Å². The third-order valence-electron chi connectivity index (χ3n) is 5.18. The Morgan fingerprint density at radius 2 is 1.87 bits per heavy atom. The van der Waals surface area contributed by atoms with Crippen LogP contribution in [0, 0.1) is 18.3 Å². The number of nitriles is 1. The van der Waals surface area contributed by atoms with Crippen molar-refractivity contribution < 1.29 is 9.47 Å². The van der Waals surface area contributed by atoms with Gasteiger partial charge in [-0.15, -0.1) is 11.3 Å². The molecule has 4 nitrogen and oxygen atoms in total. The molecule has 3 aromatic carbocycles. The van der Waals surface area contributed by atoms with Crippen molar-refractivity contribution >= 4 is 38.5 Å². The average Bonchev–Trinajstić information content (AvgIpc) is 3.23. The first-order chi connectivity index (χ1) is 15.2. The molecular formula is C26H18N2O2S. The molecule has 0 unspecified atom stereocenters. The minimum absolute atomic E-state index is 0.544. The van der Waals surface area contributed by atoms with Crippen LogP contribution in [-0.2, 0) is 0 Å². The van der Waals surface area contributed by atoms with Crippen LogP contribution in [0.25, 0.3) is 27.1 Å². The smallest absolute Gasteiger partial charge is 0.135 e. The zero-order chi connectivity index (χ0) is 21.4. The highest BCUT2D eigenvalue weighted by Gasteiger charge is 2.23. The van der Waals surface area contributed by atoms with E-state index in [4.69, 9.17) is 14.5 Å². The van der Waals surface area contributed by atoms with Gasteiger partial charge < -0.3 is 9.47 Å². The largest absolute Gasteiger partial charge is 0.497 e. The maximum atomic E-state index is 10.1. The van der Waals surface area contributed by atoms with Gasteiger partial charge in [0.2, 0.25) is 0 Å². The first-order valence-electron chi connectivity index (χ1n) is 9.81. The van der Waals surface area contributed by atoms with Crippen molar-refractivity contribution in [3.8, 4) is 17.6 Å². The van der Waals surface area contributed by atoms with Crippen LogP contribution < -0.4 is 9.47 Å². The molecule has 150 valence electrons. The summed E-state index contributed by atoms with van der Waals surface area (Å²) in [5.74, 6) is 2.18. The number of thiazole rings is 1. The second kappa shape index (κ2) is 7.75. The molecule has 5 rings (SSSR count). The Morgan fingerprint density at radius 3 is 2.61 bits per heavy atom. The number of para-hydroxylation sites is 1. The van der Waals surface area contributed by atoms with Crippen molar-refractivity contribution in [2.45, 2.75) is 6.92 Å². The molecule has 0 saturated heterocycles. The minimum Gasteiger partial charge on any atom is -0.497 e. The van der Waals surface area contributed by atoms with E-state index in [1.54, 1.807) is 7.11 Å². The molecule has 0 amide bonds. The number of fused-ring (bicyclic) bond motifs is 2. The van der Waals surface area contributed by atoms with Gasteiger partial charge in [-0.25, -0.2) is 4.98 Å². The SMILES string of the molecule is COc1ccc(C2=CC(=C(C#N)c3nc4ccccc4s3)c3cc(C)ccc3O2)cc1. The van der Waals surface area contributed by atoms with Crippen LogP contribution in [0.3, 0.4) is 0 Å². The van der Waals surface area contributed by atoms with E-state index >= 15 is 0 Å². The molecule has 0 spiro atoms. The van der Waals surface area contributed by atoms with E-state index in [2.05, 4.69) is 12.1 Å². The lowest BCUT2D eigenvalue weighted by Crippen LogP contribution is -2.05. The molecule has 1 aromatic heterocycles. The Labute approximate surface area is 184 Å². The summed E-state index contributed by atoms with van der Waals surface area (Å²) < 4.78 is 12.6. The molecule has 0 fully saturated rings. The number of benzene rings is 3. The maximum absolute atomic E-state index is 10.1. The molecule has 0 N–H and O–H groups in total. The maximum Gasteiger partial charge on any atom is 0.135 e. The minimum atomic E-state index is 0.544. The van der Waals surface area contributed by atoms with E-state index < -0.39 is 0 Å². The van der Waals surface area contributed by atoms with Gasteiger partial charge in [-0.1, -0.05) is 23.8 Å². The molecule has 31 heavy (non-hydrogen) atoms. The standard InChI is InChI=1S/C26H18N2O2S/c1-16-7-12-23-20(13-16)19(14-24(30-23)17-8-10-18(29-2)11-9-17)21(15-27)26-28-22-5-3-4-6-25(22)31-26/h3-14H,1-2H3. The molecular weight excluding hydrogens is 404 g/mol. The summed E-state index contributed by atoms with van der Waals surface area (Å²) in [6.45, 7) is 2.03. The van der Waals surface area contributed by atoms with Gasteiger partial charge in [-0.05, 0) is 61.5 Å². The van der Waals surface area contributed by atoms with Crippen LogP contribution >= 0.6 is 11.3 Å². The Kier molecular flexibility index (Phi) is 4.78. The quantitative estimate of drug-likeness (QED) is 0.355. The van der Waals surface area contributed by atoms with Crippen LogP contribution in [0.2, 0.25) is 0 Å². The van der Waals surface area contributed by atoms with Crippen molar-refractivity contribution in [3.63, 3.8) is 0 Å². The second-order valence-electron chi connectivity index (χ2n) is 7.23. The summed E-state index contributed by atoms with van der Waals surface area (Å²) in [6.07, 6.45) is 1.94. The molecule has 2 heterocycles. The molecule has 0 radical (unpaired) electrons. The van der Waals surface area contributed by atoms with Crippen LogP contribution in [0.15, 0.2) is 72.8 Å². The summed E-state index contributed by atoms with van der Waals surface area (Å²) in [5.41, 5.74) is 5.16. The lowest BCUT2D eigenvalue weighted by Gasteiger charge is -2.22. The zero-order valence-corrected chi connectivity index (χ0v) is 17.9. The van der Waals surface area contributed by atoms with Crippen molar-refractivity contribution in [1.82, 2.24) is 4.98 Å². The van der Waals surface area contributed by atoms with Crippen LogP contribution in [0.1, 0.15) is 21.7 Å². The Hall–Kier alpha value is -3.88. The number of hydrogen-bond donors (Lipinski definition) is 0. The van der Waals surface area contributed by atoms with Gasteiger partial charge in [0, 0.05) is 16.7 Å². The van der Waals surface area contributed by atoms with Crippen molar-refractivity contribution in [3.05, 3.63) is 94.5 Å². The molecule has 0 atom stereocenters. The van der Waals surface area contributed by atoms with E-state index in [9.17, 15) is 5.26 Å². The molecule has 5 heteroatoms. The predicted molar refractivity (Wildman–Crippen MR) is 125 cm³/mol. The van der Waals surface area contributed by atoms with E-state index in [-0.39, 0.29) is 0 Å². The normalized spacial score (nSPS) is 14.3. The van der Waals surface area contributed by atoms with E-state index in [0.29, 0.717) is 16.3 Å². The number of aryl methyl sites for hydroxylation is 1. The van der Waals surface area contributed by atoms with Gasteiger partial charge in [0.15, 0.2) is 0 Å². The van der Waals surface area contributed by atoms with Gasteiger partial charge in [-0.2, -0.15) is 5.26 Å². The third kappa shape index (κ3) is 3.48. The monoisotopic (exact) mass is 422 g/mol. The number of hydrogen-bond acceptors (Lipinski definition) is 5. The lowest BCUT2D eigenvalue weighted by molar-refractivity contribution is 0.414. The predicted octanol–water partition coefficient (Wildman–Crippen LogP) is 6.48. The molecule has 1 aliphatic rings.